The van der Waals surface area contributed by atoms with Crippen LogP contribution in [0.25, 0.3) is 0 Å². The summed E-state index contributed by atoms with van der Waals surface area (Å²) in [5.74, 6) is 0. The molecule has 1 atom stereocenters. The smallest absolute Gasteiger partial charge is 0.368 e. The Kier molecular flexibility index (Phi) is 7.07. The molecule has 0 radical (unpaired) electrons. The average molecular weight is 442 g/mol. The van der Waals surface area contributed by atoms with Crippen LogP contribution in [0.15, 0.2) is 61.2 Å². The van der Waals surface area contributed by atoms with Crippen LogP contribution in [-0.4, -0.2) is 14.9 Å². The lowest BCUT2D eigenvalue weighted by Crippen LogP contribution is -2.09. The van der Waals surface area contributed by atoms with Crippen molar-refractivity contribution in [3.05, 3.63) is 87.4 Å². The summed E-state index contributed by atoms with van der Waals surface area (Å²) >= 11 is 19.3. The topological polar surface area (TPSA) is 44.1 Å². The summed E-state index contributed by atoms with van der Waals surface area (Å²) in [7, 11) is 0. The van der Waals surface area contributed by atoms with Gasteiger partial charge in [-0.05, 0) is 47.2 Å². The molecule has 0 saturated heterocycles. The molecule has 0 aliphatic heterocycles. The van der Waals surface area contributed by atoms with E-state index in [1.165, 1.54) is 0 Å². The van der Waals surface area contributed by atoms with E-state index in [0.717, 1.165) is 22.9 Å². The molecular weight excluding hydrogens is 427 g/mol. The monoisotopic (exact) mass is 440 g/mol. The minimum Gasteiger partial charge on any atom is -0.453 e. The van der Waals surface area contributed by atoms with Gasteiger partial charge >= 0.3 is 5.30 Å². The Hall–Kier alpha value is -1.66. The van der Waals surface area contributed by atoms with Gasteiger partial charge in [-0.15, -0.1) is 0 Å². The first-order valence-corrected chi connectivity index (χ1v) is 10.0. The van der Waals surface area contributed by atoms with Crippen molar-refractivity contribution in [1.29, 1.82) is 0 Å². The number of rotatable bonds is 6. The third-order valence-corrected chi connectivity index (χ3v) is 5.57. The molecular formula is C19H15Cl3N2O2S. The fourth-order valence-corrected chi connectivity index (χ4v) is 4.09. The zero-order valence-corrected chi connectivity index (χ0v) is 17.1. The van der Waals surface area contributed by atoms with Crippen molar-refractivity contribution in [2.45, 2.75) is 18.4 Å². The molecule has 1 heterocycles. The van der Waals surface area contributed by atoms with Crippen LogP contribution in [0.2, 0.25) is 15.1 Å². The van der Waals surface area contributed by atoms with Gasteiger partial charge in [-0.2, -0.15) is 0 Å². The second-order valence-electron chi connectivity index (χ2n) is 5.70. The van der Waals surface area contributed by atoms with Gasteiger partial charge in [0, 0.05) is 34.0 Å². The van der Waals surface area contributed by atoms with Crippen molar-refractivity contribution in [3.63, 3.8) is 0 Å². The summed E-state index contributed by atoms with van der Waals surface area (Å²) in [6.07, 6.45) is 5.21. The fourth-order valence-electron chi connectivity index (χ4n) is 2.42. The van der Waals surface area contributed by atoms with Gasteiger partial charge in [0.25, 0.3) is 0 Å². The predicted molar refractivity (Wildman–Crippen MR) is 111 cm³/mol. The standard InChI is InChI=1S/C19H15Cl3N2O2S/c20-14-3-1-13(2-4-14)11-26-19(25)27-18(10-24-8-7-23-12-24)16-6-5-15(21)9-17(16)22/h1-9,12,18H,10-11H2. The quantitative estimate of drug-likeness (QED) is 0.401. The molecule has 2 aromatic carbocycles. The van der Waals surface area contributed by atoms with E-state index >= 15 is 0 Å². The van der Waals surface area contributed by atoms with E-state index in [1.807, 2.05) is 29.0 Å². The highest BCUT2D eigenvalue weighted by molar-refractivity contribution is 8.13. The van der Waals surface area contributed by atoms with Gasteiger partial charge in [-0.1, -0.05) is 53.0 Å². The molecule has 140 valence electrons. The molecule has 0 saturated carbocycles. The zero-order chi connectivity index (χ0) is 19.2. The Bertz CT molecular complexity index is 902. The molecule has 0 spiro atoms. The molecule has 0 aliphatic carbocycles. The minimum absolute atomic E-state index is 0.176. The van der Waals surface area contributed by atoms with Gasteiger partial charge in [0.05, 0.1) is 11.6 Å². The van der Waals surface area contributed by atoms with E-state index in [9.17, 15) is 4.79 Å². The summed E-state index contributed by atoms with van der Waals surface area (Å²) in [5, 5.41) is 1.05. The normalized spacial score (nSPS) is 12.0. The van der Waals surface area contributed by atoms with Crippen molar-refractivity contribution >= 4 is 51.9 Å². The first-order chi connectivity index (χ1) is 13.0. The van der Waals surface area contributed by atoms with Crippen molar-refractivity contribution in [2.24, 2.45) is 0 Å². The number of hydrogen-bond acceptors (Lipinski definition) is 4. The maximum atomic E-state index is 12.4. The number of carbonyl (C=O) groups excluding carboxylic acids is 1. The first kappa shape index (κ1) is 20.1. The van der Waals surface area contributed by atoms with Crippen LogP contribution in [0.1, 0.15) is 16.4 Å². The SMILES string of the molecule is O=C(OCc1ccc(Cl)cc1)SC(Cn1ccnc1)c1ccc(Cl)cc1Cl. The molecule has 1 aromatic heterocycles. The lowest BCUT2D eigenvalue weighted by Gasteiger charge is -2.18. The van der Waals surface area contributed by atoms with Crippen LogP contribution < -0.4 is 0 Å². The summed E-state index contributed by atoms with van der Waals surface area (Å²) in [5.41, 5.74) is 1.67. The Morgan fingerprint density at radius 3 is 2.52 bits per heavy atom. The number of halogens is 3. The van der Waals surface area contributed by atoms with Gasteiger partial charge in [0.2, 0.25) is 0 Å². The lowest BCUT2D eigenvalue weighted by molar-refractivity contribution is 0.168. The Morgan fingerprint density at radius 1 is 1.11 bits per heavy atom. The molecule has 3 aromatic rings. The largest absolute Gasteiger partial charge is 0.453 e. The van der Waals surface area contributed by atoms with E-state index in [1.54, 1.807) is 36.8 Å². The maximum absolute atomic E-state index is 12.4. The highest BCUT2D eigenvalue weighted by Gasteiger charge is 2.21. The van der Waals surface area contributed by atoms with Crippen molar-refractivity contribution in [1.82, 2.24) is 9.55 Å². The predicted octanol–water partition coefficient (Wildman–Crippen LogP) is 6.65. The summed E-state index contributed by atoms with van der Waals surface area (Å²) in [6, 6.07) is 12.4. The van der Waals surface area contributed by atoms with Crippen molar-refractivity contribution in [2.75, 3.05) is 0 Å². The minimum atomic E-state index is -0.388. The summed E-state index contributed by atoms with van der Waals surface area (Å²) in [6.45, 7) is 0.692. The van der Waals surface area contributed by atoms with E-state index < -0.39 is 0 Å². The molecule has 27 heavy (non-hydrogen) atoms. The number of hydrogen-bond donors (Lipinski definition) is 0. The van der Waals surface area contributed by atoms with Gasteiger partial charge < -0.3 is 9.30 Å². The summed E-state index contributed by atoms with van der Waals surface area (Å²) in [4.78, 5) is 16.4. The third kappa shape index (κ3) is 5.91. The number of imidazole rings is 1. The van der Waals surface area contributed by atoms with Gasteiger partial charge in [0.15, 0.2) is 0 Å². The first-order valence-electron chi connectivity index (χ1n) is 8.00. The number of thioether (sulfide) groups is 1. The zero-order valence-electron chi connectivity index (χ0n) is 14.0. The van der Waals surface area contributed by atoms with Gasteiger partial charge in [-0.25, -0.2) is 9.78 Å². The molecule has 3 rings (SSSR count). The Morgan fingerprint density at radius 2 is 1.85 bits per heavy atom. The van der Waals surface area contributed by atoms with Gasteiger partial charge in [0.1, 0.15) is 6.61 Å². The van der Waals surface area contributed by atoms with Crippen molar-refractivity contribution in [3.8, 4) is 0 Å². The van der Waals surface area contributed by atoms with Crippen LogP contribution in [-0.2, 0) is 17.9 Å². The molecule has 0 aliphatic rings. The Labute approximate surface area is 176 Å². The second-order valence-corrected chi connectivity index (χ2v) is 8.12. The molecule has 0 fully saturated rings. The van der Waals surface area contributed by atoms with Crippen LogP contribution in [0.5, 0.6) is 0 Å². The third-order valence-electron chi connectivity index (χ3n) is 3.75. The maximum Gasteiger partial charge on any atom is 0.368 e. The molecule has 0 amide bonds. The van der Waals surface area contributed by atoms with Gasteiger partial charge in [-0.3, -0.25) is 0 Å². The number of nitrogens with zero attached hydrogens (tertiary/aromatic N) is 2. The van der Waals surface area contributed by atoms with Crippen LogP contribution in [0.4, 0.5) is 4.79 Å². The van der Waals surface area contributed by atoms with Crippen LogP contribution in [0, 0.1) is 0 Å². The number of benzene rings is 2. The van der Waals surface area contributed by atoms with E-state index in [2.05, 4.69) is 4.98 Å². The van der Waals surface area contributed by atoms with Crippen molar-refractivity contribution < 1.29 is 9.53 Å². The molecule has 8 heteroatoms. The molecule has 4 nitrogen and oxygen atoms in total. The van der Waals surface area contributed by atoms with E-state index in [-0.39, 0.29) is 17.2 Å². The highest BCUT2D eigenvalue weighted by atomic mass is 35.5. The highest BCUT2D eigenvalue weighted by Crippen LogP contribution is 2.37. The van der Waals surface area contributed by atoms with Crippen LogP contribution in [0.3, 0.4) is 0 Å². The molecule has 0 N–H and O–H groups in total. The van der Waals surface area contributed by atoms with E-state index in [0.29, 0.717) is 21.6 Å². The average Bonchev–Trinajstić information content (AvgIpc) is 3.14. The number of ether oxygens (including phenoxy) is 1. The summed E-state index contributed by atoms with van der Waals surface area (Å²) < 4.78 is 7.27. The molecule has 1 unspecified atom stereocenters. The number of aromatic nitrogens is 2. The lowest BCUT2D eigenvalue weighted by atomic mass is 10.1. The fraction of sp³-hybridized carbons (Fsp3) is 0.158. The van der Waals surface area contributed by atoms with Crippen LogP contribution >= 0.6 is 46.6 Å². The second kappa shape index (κ2) is 9.51. The molecule has 0 bridgehead atoms. The number of carbonyl (C=O) groups is 1. The van der Waals surface area contributed by atoms with E-state index in [4.69, 9.17) is 39.5 Å². The Balaban J connectivity index is 1.70.